The summed E-state index contributed by atoms with van der Waals surface area (Å²) in [5, 5.41) is 10.6. The molecule has 174 valence electrons. The van der Waals surface area contributed by atoms with Gasteiger partial charge in [-0.3, -0.25) is 0 Å². The first-order valence-corrected chi connectivity index (χ1v) is 16.9. The van der Waals surface area contributed by atoms with Gasteiger partial charge in [-0.05, 0) is 122 Å². The highest BCUT2D eigenvalue weighted by Gasteiger charge is 2.61. The van der Waals surface area contributed by atoms with Crippen LogP contribution in [0.15, 0.2) is 11.6 Å². The van der Waals surface area contributed by atoms with Crippen LogP contribution in [0, 0.1) is 35.0 Å². The zero-order valence-electron chi connectivity index (χ0n) is 19.2. The molecule has 0 radical (unpaired) electrons. The Bertz CT molecular complexity index is 710. The highest BCUT2D eigenvalue weighted by atomic mass is 32.2. The zero-order valence-corrected chi connectivity index (χ0v) is 22.4. The molecule has 0 aromatic heterocycles. The third-order valence-corrected chi connectivity index (χ3v) is 17.0. The van der Waals surface area contributed by atoms with Crippen LogP contribution in [-0.4, -0.2) is 42.9 Å². The van der Waals surface area contributed by atoms with Crippen molar-refractivity contribution in [1.82, 2.24) is 0 Å². The Morgan fingerprint density at radius 2 is 1.61 bits per heavy atom. The highest BCUT2D eigenvalue weighted by Crippen LogP contribution is 2.69. The summed E-state index contributed by atoms with van der Waals surface area (Å²) in [6.07, 6.45) is 16.9. The molecular weight excluding hydrogens is 457 g/mol. The number of thioether (sulfide) groups is 4. The molecule has 5 heteroatoms. The maximum absolute atomic E-state index is 10.6. The van der Waals surface area contributed by atoms with E-state index in [0.29, 0.717) is 22.0 Å². The van der Waals surface area contributed by atoms with Crippen molar-refractivity contribution in [1.29, 1.82) is 0 Å². The van der Waals surface area contributed by atoms with Crippen LogP contribution >= 0.6 is 47.0 Å². The van der Waals surface area contributed by atoms with E-state index in [9.17, 15) is 5.11 Å². The Morgan fingerprint density at radius 3 is 2.35 bits per heavy atom. The minimum atomic E-state index is 0.0982. The summed E-state index contributed by atoms with van der Waals surface area (Å²) >= 11 is 8.77. The molecule has 0 aromatic carbocycles. The average Bonchev–Trinajstić information content (AvgIpc) is 3.17. The maximum atomic E-state index is 10.6. The van der Waals surface area contributed by atoms with Crippen LogP contribution in [0.5, 0.6) is 0 Å². The molecule has 31 heavy (non-hydrogen) atoms. The fraction of sp³-hybridized carbons (Fsp3) is 0.923. The van der Waals surface area contributed by atoms with Gasteiger partial charge in [-0.2, -0.15) is 0 Å². The second kappa shape index (κ2) is 8.64. The summed E-state index contributed by atoms with van der Waals surface area (Å²) < 4.78 is 0.544. The summed E-state index contributed by atoms with van der Waals surface area (Å²) in [6.45, 7) is 3.05. The largest absolute Gasteiger partial charge is 0.394 e. The lowest BCUT2D eigenvalue weighted by Crippen LogP contribution is -2.51. The fourth-order valence-electron chi connectivity index (χ4n) is 8.85. The lowest BCUT2D eigenvalue weighted by Gasteiger charge is -2.57. The number of aliphatic hydroxyl groups is 1. The maximum Gasteiger partial charge on any atom is 0.0873 e. The molecule has 6 aliphatic rings. The summed E-state index contributed by atoms with van der Waals surface area (Å²) in [5.74, 6) is 9.71. The van der Waals surface area contributed by atoms with Crippen molar-refractivity contribution in [2.75, 3.05) is 29.6 Å². The minimum absolute atomic E-state index is 0.0982. The molecule has 2 aliphatic heterocycles. The molecule has 1 spiro atoms. The van der Waals surface area contributed by atoms with Gasteiger partial charge in [-0.15, -0.1) is 47.0 Å². The molecule has 1 N–H and O–H groups in total. The van der Waals surface area contributed by atoms with Crippen molar-refractivity contribution in [3.8, 4) is 0 Å². The number of fused-ring (bicyclic) bond motifs is 5. The molecular formula is C26H40OS4. The predicted octanol–water partition coefficient (Wildman–Crippen LogP) is 7.30. The molecule has 6 rings (SSSR count). The quantitative estimate of drug-likeness (QED) is 0.403. The highest BCUT2D eigenvalue weighted by molar-refractivity contribution is 8.19. The van der Waals surface area contributed by atoms with Crippen LogP contribution in [0.4, 0.5) is 0 Å². The number of hydrogen-bond donors (Lipinski definition) is 1. The van der Waals surface area contributed by atoms with Crippen LogP contribution in [0.25, 0.3) is 0 Å². The lowest BCUT2D eigenvalue weighted by atomic mass is 9.51. The monoisotopic (exact) mass is 496 g/mol. The zero-order chi connectivity index (χ0) is 21.1. The van der Waals surface area contributed by atoms with Gasteiger partial charge in [0.1, 0.15) is 0 Å². The van der Waals surface area contributed by atoms with Crippen molar-refractivity contribution >= 4 is 47.0 Å². The summed E-state index contributed by atoms with van der Waals surface area (Å²) in [4.78, 5) is 0. The number of hydrogen-bond acceptors (Lipinski definition) is 5. The van der Waals surface area contributed by atoms with Crippen LogP contribution in [0.3, 0.4) is 0 Å². The fourth-order valence-corrected chi connectivity index (χ4v) is 15.8. The van der Waals surface area contributed by atoms with Crippen molar-refractivity contribution in [2.24, 2.45) is 35.0 Å². The molecule has 3 saturated carbocycles. The van der Waals surface area contributed by atoms with Gasteiger partial charge in [0.2, 0.25) is 0 Å². The van der Waals surface area contributed by atoms with E-state index in [-0.39, 0.29) is 4.08 Å². The Labute approximate surface area is 206 Å². The van der Waals surface area contributed by atoms with Gasteiger partial charge in [-0.1, -0.05) is 18.6 Å². The first kappa shape index (κ1) is 22.6. The van der Waals surface area contributed by atoms with Gasteiger partial charge in [0, 0.05) is 0 Å². The Balaban J connectivity index is 1.23. The Hall–Kier alpha value is 1.10. The predicted molar refractivity (Wildman–Crippen MR) is 142 cm³/mol. The van der Waals surface area contributed by atoms with E-state index in [1.165, 1.54) is 87.2 Å². The van der Waals surface area contributed by atoms with Gasteiger partial charge in [0.05, 0.1) is 14.8 Å². The van der Waals surface area contributed by atoms with Gasteiger partial charge in [-0.25, -0.2) is 0 Å². The van der Waals surface area contributed by atoms with Crippen molar-refractivity contribution < 1.29 is 5.11 Å². The average molecular weight is 497 g/mol. The van der Waals surface area contributed by atoms with E-state index in [1.54, 1.807) is 0 Å². The third kappa shape index (κ3) is 3.64. The first-order valence-electron chi connectivity index (χ1n) is 13.0. The second-order valence-corrected chi connectivity index (χ2v) is 17.6. The third-order valence-electron chi connectivity index (χ3n) is 10.2. The van der Waals surface area contributed by atoms with Crippen LogP contribution in [-0.2, 0) is 0 Å². The van der Waals surface area contributed by atoms with Crippen molar-refractivity contribution in [2.45, 2.75) is 79.3 Å². The van der Waals surface area contributed by atoms with E-state index in [4.69, 9.17) is 0 Å². The number of aliphatic hydroxyl groups excluding tert-OH is 1. The Morgan fingerprint density at radius 1 is 0.871 bits per heavy atom. The van der Waals surface area contributed by atoms with Crippen LogP contribution < -0.4 is 0 Å². The normalized spacial score (nSPS) is 46.0. The van der Waals surface area contributed by atoms with E-state index in [0.717, 1.165) is 23.7 Å². The number of allylic oxidation sites excluding steroid dienone is 1. The van der Waals surface area contributed by atoms with E-state index >= 15 is 0 Å². The van der Waals surface area contributed by atoms with Crippen molar-refractivity contribution in [3.05, 3.63) is 11.6 Å². The molecule has 4 aliphatic carbocycles. The summed E-state index contributed by atoms with van der Waals surface area (Å²) in [6, 6.07) is 0. The van der Waals surface area contributed by atoms with Gasteiger partial charge >= 0.3 is 0 Å². The lowest BCUT2D eigenvalue weighted by molar-refractivity contribution is -0.0265. The molecule has 0 aromatic rings. The summed E-state index contributed by atoms with van der Waals surface area (Å²) in [5.41, 5.74) is 2.34. The Kier molecular flexibility index (Phi) is 6.29. The summed E-state index contributed by atoms with van der Waals surface area (Å²) in [7, 11) is 0. The van der Waals surface area contributed by atoms with Gasteiger partial charge in [0.15, 0.2) is 0 Å². The molecule has 0 bridgehead atoms. The SMILES string of the molecule is C[C@]12CC[C@H]3[C@@H](CCC4=CC5(CC[C@@H]43)SCCCS5)[C@@H]1CC[C@@H]2C1(CO)SCCCS1. The van der Waals surface area contributed by atoms with E-state index in [2.05, 4.69) is 60.0 Å². The van der Waals surface area contributed by atoms with Crippen molar-refractivity contribution in [3.63, 3.8) is 0 Å². The standard InChI is InChI=1S/C26H40OS4/c1-24-10-8-20-19-9-11-25(28-12-2-13-29-25)16-18(19)4-5-21(20)22(24)6-7-23(24)26(17-27)30-14-3-15-31-26/h16,19-23,27H,2-15,17H2,1H3/t19-,20+,21+,22-,23-,24-/m0/s1. The molecule has 5 fully saturated rings. The number of rotatable bonds is 2. The minimum Gasteiger partial charge on any atom is -0.394 e. The molecule has 1 nitrogen and oxygen atoms in total. The molecule has 2 heterocycles. The van der Waals surface area contributed by atoms with Gasteiger partial charge < -0.3 is 5.11 Å². The van der Waals surface area contributed by atoms with Crippen LogP contribution in [0.2, 0.25) is 0 Å². The van der Waals surface area contributed by atoms with Gasteiger partial charge in [0.25, 0.3) is 0 Å². The molecule has 0 unspecified atom stereocenters. The second-order valence-electron chi connectivity index (χ2n) is 11.4. The van der Waals surface area contributed by atoms with Crippen LogP contribution in [0.1, 0.15) is 71.1 Å². The smallest absolute Gasteiger partial charge is 0.0873 e. The molecule has 0 amide bonds. The first-order chi connectivity index (χ1) is 15.1. The van der Waals surface area contributed by atoms with E-state index < -0.39 is 0 Å². The molecule has 6 atom stereocenters. The molecule has 2 saturated heterocycles. The van der Waals surface area contributed by atoms with E-state index in [1.807, 2.05) is 5.57 Å². The topological polar surface area (TPSA) is 20.2 Å².